The molecule has 5 heterocycles. The normalized spacial score (nSPS) is 14.4. The molecule has 1 atom stereocenters. The fraction of sp³-hybridized carbons (Fsp3) is 0.233. The first-order valence-corrected chi connectivity index (χ1v) is 24.9. The molecule has 14 heteroatoms. The van der Waals surface area contributed by atoms with Crippen LogP contribution in [-0.2, 0) is 44.5 Å². The van der Waals surface area contributed by atoms with Crippen LogP contribution >= 0.6 is 0 Å². The number of carbonyl (C=O) groups is 3. The van der Waals surface area contributed by atoms with E-state index in [1.54, 1.807) is 33.9 Å². The van der Waals surface area contributed by atoms with Gasteiger partial charge in [-0.1, -0.05) is 97.8 Å². The van der Waals surface area contributed by atoms with Gasteiger partial charge in [-0.2, -0.15) is 15.3 Å². The third-order valence-corrected chi connectivity index (χ3v) is 14.0. The van der Waals surface area contributed by atoms with Crippen LogP contribution in [0.4, 0.5) is 8.78 Å². The number of rotatable bonds is 16. The average Bonchev–Trinajstić information content (AvgIpc) is 4.17. The lowest BCUT2D eigenvalue weighted by molar-refractivity contribution is -0.128. The maximum Gasteiger partial charge on any atom is 0.151 e. The molecular weight excluding hydrogens is 933 g/mol. The third kappa shape index (κ3) is 11.2. The molecule has 0 amide bonds. The number of carbonyl (C=O) groups excluding carboxylic acids is 3. The quantitative estimate of drug-likeness (QED) is 0.0995. The minimum absolute atomic E-state index is 0.000869. The van der Waals surface area contributed by atoms with Crippen LogP contribution in [0.2, 0.25) is 0 Å². The van der Waals surface area contributed by atoms with Gasteiger partial charge in [-0.15, -0.1) is 0 Å². The van der Waals surface area contributed by atoms with E-state index in [0.717, 1.165) is 46.9 Å². The van der Waals surface area contributed by atoms with Gasteiger partial charge in [-0.25, -0.2) is 22.8 Å². The molecule has 12 nitrogen and oxygen atoms in total. The van der Waals surface area contributed by atoms with Gasteiger partial charge in [0, 0.05) is 37.0 Å². The highest BCUT2D eigenvalue weighted by Crippen LogP contribution is 2.46. The Morgan fingerprint density at radius 2 is 0.973 bits per heavy atom. The zero-order valence-corrected chi connectivity index (χ0v) is 41.2. The van der Waals surface area contributed by atoms with E-state index in [1.807, 2.05) is 164 Å². The second kappa shape index (κ2) is 23.0. The highest BCUT2D eigenvalue weighted by Gasteiger charge is 2.49. The van der Waals surface area contributed by atoms with E-state index in [2.05, 4.69) is 25.3 Å². The molecule has 5 aromatic heterocycles. The Morgan fingerprint density at radius 3 is 1.41 bits per heavy atom. The number of nitrogens with two attached hydrogens (primary N) is 1. The van der Waals surface area contributed by atoms with E-state index in [0.29, 0.717) is 43.6 Å². The molecule has 2 fully saturated rings. The number of hydrogen-bond acceptors (Lipinski definition) is 9. The van der Waals surface area contributed by atoms with Crippen molar-refractivity contribution in [2.75, 3.05) is 6.54 Å². The number of benzene rings is 4. The first kappa shape index (κ1) is 50.6. The predicted octanol–water partition coefficient (Wildman–Crippen LogP) is 10.3. The van der Waals surface area contributed by atoms with Gasteiger partial charge >= 0.3 is 0 Å². The molecule has 0 radical (unpaired) electrons. The number of hydrogen-bond donors (Lipinski definition) is 1. The van der Waals surface area contributed by atoms with Gasteiger partial charge in [0.15, 0.2) is 11.6 Å². The Kier molecular flexibility index (Phi) is 15.7. The number of para-hydroxylation sites is 3. The average molecular weight is 990 g/mol. The van der Waals surface area contributed by atoms with E-state index in [9.17, 15) is 23.2 Å². The van der Waals surface area contributed by atoms with Gasteiger partial charge in [-0.05, 0) is 117 Å². The predicted molar refractivity (Wildman–Crippen MR) is 279 cm³/mol. The summed E-state index contributed by atoms with van der Waals surface area (Å²) >= 11 is 0. The van der Waals surface area contributed by atoms with E-state index in [4.69, 9.17) is 5.73 Å². The van der Waals surface area contributed by atoms with E-state index < -0.39 is 22.5 Å². The van der Waals surface area contributed by atoms with Crippen LogP contribution in [0.15, 0.2) is 189 Å². The number of aromatic nitrogens is 8. The topological polar surface area (TPSA) is 156 Å². The van der Waals surface area contributed by atoms with Crippen molar-refractivity contribution in [1.82, 2.24) is 39.3 Å². The molecule has 374 valence electrons. The highest BCUT2D eigenvalue weighted by molar-refractivity contribution is 5.93. The van der Waals surface area contributed by atoms with Crippen molar-refractivity contribution in [2.45, 2.75) is 81.5 Å². The molecule has 11 rings (SSSR count). The zero-order valence-electron chi connectivity index (χ0n) is 41.2. The molecule has 0 bridgehead atoms. The van der Waals surface area contributed by atoms with Crippen molar-refractivity contribution in [1.29, 1.82) is 0 Å². The summed E-state index contributed by atoms with van der Waals surface area (Å²) in [5.41, 5.74) is 11.8. The van der Waals surface area contributed by atoms with Gasteiger partial charge < -0.3 is 5.73 Å². The fourth-order valence-corrected chi connectivity index (χ4v) is 9.76. The standard InChI is InChI=1S/C21H20FN3O.C20H18FN3O.C19H19N3O/c1-15-13-16(24-25(15)17-7-3-2-4-8-17)14-19(26)21(10-6-11-21)20-18(22)9-5-12-23-20;21-17-8-4-12-22-19(17)20(10-5-11-20)18(25)14-15-9-13-24(23-15)16-6-2-1-3-7-16;20-14-18(15-7-3-1-4-8-15)19(23)13-16-11-12-22(21-16)17-9-5-2-6-10-17/h2-5,7-9,12-13H,6,10-11,14H2,1H3;1-4,6-9,12-13H,5,10-11,14H2;1-12,18H,13-14,20H2. The van der Waals surface area contributed by atoms with Crippen LogP contribution in [0, 0.1) is 18.6 Å². The Labute approximate surface area is 429 Å². The summed E-state index contributed by atoms with van der Waals surface area (Å²) in [7, 11) is 0. The van der Waals surface area contributed by atoms with Crippen LogP contribution < -0.4 is 5.73 Å². The largest absolute Gasteiger partial charge is 0.329 e. The molecule has 0 spiro atoms. The van der Waals surface area contributed by atoms with Crippen LogP contribution in [0.1, 0.15) is 84.2 Å². The lowest BCUT2D eigenvalue weighted by atomic mass is 9.62. The minimum Gasteiger partial charge on any atom is -0.329 e. The molecule has 9 aromatic rings. The van der Waals surface area contributed by atoms with Crippen molar-refractivity contribution < 1.29 is 23.2 Å². The summed E-state index contributed by atoms with van der Waals surface area (Å²) in [4.78, 5) is 46.9. The minimum atomic E-state index is -0.796. The zero-order chi connectivity index (χ0) is 51.5. The molecule has 0 aliphatic heterocycles. The first-order valence-electron chi connectivity index (χ1n) is 24.9. The summed E-state index contributed by atoms with van der Waals surface area (Å²) in [5.74, 6) is -0.985. The van der Waals surface area contributed by atoms with Crippen LogP contribution in [0.5, 0.6) is 0 Å². The Hall–Kier alpha value is -8.36. The van der Waals surface area contributed by atoms with Crippen molar-refractivity contribution in [2.24, 2.45) is 5.73 Å². The molecule has 0 saturated heterocycles. The Bertz CT molecular complexity index is 3310. The molecule has 2 aliphatic carbocycles. The number of ketones is 3. The van der Waals surface area contributed by atoms with E-state index in [-0.39, 0.29) is 53.9 Å². The lowest BCUT2D eigenvalue weighted by Gasteiger charge is -2.39. The summed E-state index contributed by atoms with van der Waals surface area (Å²) < 4.78 is 33.8. The van der Waals surface area contributed by atoms with Crippen molar-refractivity contribution in [3.05, 3.63) is 240 Å². The molecule has 2 aliphatic rings. The number of Topliss-reactive ketones (excluding diaryl/α,β-unsaturated/α-hetero) is 3. The molecule has 2 N–H and O–H groups in total. The molecule has 4 aromatic carbocycles. The summed E-state index contributed by atoms with van der Waals surface area (Å²) in [6.07, 6.45) is 11.9. The Morgan fingerprint density at radius 1 is 0.541 bits per heavy atom. The molecule has 2 saturated carbocycles. The van der Waals surface area contributed by atoms with Gasteiger partial charge in [0.1, 0.15) is 17.4 Å². The van der Waals surface area contributed by atoms with Gasteiger partial charge in [0.25, 0.3) is 0 Å². The highest BCUT2D eigenvalue weighted by atomic mass is 19.1. The number of halogens is 2. The smallest absolute Gasteiger partial charge is 0.151 e. The van der Waals surface area contributed by atoms with Gasteiger partial charge in [0.2, 0.25) is 0 Å². The maximum atomic E-state index is 14.3. The van der Waals surface area contributed by atoms with Crippen LogP contribution in [-0.4, -0.2) is 63.2 Å². The van der Waals surface area contributed by atoms with Crippen molar-refractivity contribution >= 4 is 17.3 Å². The fourth-order valence-electron chi connectivity index (χ4n) is 9.76. The van der Waals surface area contributed by atoms with Crippen LogP contribution in [0.3, 0.4) is 0 Å². The monoisotopic (exact) mass is 989 g/mol. The summed E-state index contributed by atoms with van der Waals surface area (Å²) in [6.45, 7) is 2.27. The Balaban J connectivity index is 0.000000137. The van der Waals surface area contributed by atoms with Gasteiger partial charge in [0.05, 0.1) is 81.5 Å². The summed E-state index contributed by atoms with van der Waals surface area (Å²) in [6, 6.07) is 50.5. The second-order valence-corrected chi connectivity index (χ2v) is 18.8. The lowest BCUT2D eigenvalue weighted by Crippen LogP contribution is -2.44. The van der Waals surface area contributed by atoms with E-state index in [1.165, 1.54) is 12.1 Å². The number of pyridine rings is 2. The first-order chi connectivity index (χ1) is 36.1. The van der Waals surface area contributed by atoms with E-state index >= 15 is 0 Å². The van der Waals surface area contributed by atoms with Crippen LogP contribution in [0.25, 0.3) is 17.1 Å². The number of nitrogens with zero attached hydrogens (tertiary/aromatic N) is 8. The second-order valence-electron chi connectivity index (χ2n) is 18.8. The maximum absolute atomic E-state index is 14.3. The SMILES string of the molecule is Cc1cc(CC(=O)C2(c3ncccc3F)CCC2)nn1-c1ccccc1.NCC(C(=O)Cc1ccn(-c2ccccc2)n1)c1ccccc1.O=C(Cc1ccn(-c2ccccc2)n1)C1(c2ncccc2F)CCC1. The number of aryl methyl sites for hydroxylation is 1. The molecule has 1 unspecified atom stereocenters. The van der Waals surface area contributed by atoms with Gasteiger partial charge in [-0.3, -0.25) is 24.4 Å². The third-order valence-electron chi connectivity index (χ3n) is 14.0. The summed E-state index contributed by atoms with van der Waals surface area (Å²) in [5, 5.41) is 13.6. The molecule has 74 heavy (non-hydrogen) atoms. The molecular formula is C60H57F2N9O3. The van der Waals surface area contributed by atoms with Crippen molar-refractivity contribution in [3.8, 4) is 17.1 Å². The van der Waals surface area contributed by atoms with Crippen molar-refractivity contribution in [3.63, 3.8) is 0 Å².